The number of amides is 2. The molecule has 1 fully saturated rings. The van der Waals surface area contributed by atoms with Crippen LogP contribution in [-0.4, -0.2) is 41.3 Å². The second kappa shape index (κ2) is 8.30. The van der Waals surface area contributed by atoms with Crippen LogP contribution in [0.2, 0.25) is 0 Å². The molecule has 3 aromatic rings. The molecule has 0 unspecified atom stereocenters. The molecule has 2 aromatic carbocycles. The topological polar surface area (TPSA) is 80.5 Å². The second-order valence-corrected chi connectivity index (χ2v) is 6.91. The Labute approximate surface area is 167 Å². The molecule has 1 aliphatic rings. The maximum absolute atomic E-state index is 13.3. The van der Waals surface area contributed by atoms with Crippen LogP contribution in [-0.2, 0) is 0 Å². The number of methoxy groups -OCH3 is 1. The molecule has 1 atom stereocenters. The van der Waals surface area contributed by atoms with E-state index in [1.165, 1.54) is 12.1 Å². The van der Waals surface area contributed by atoms with Gasteiger partial charge < -0.3 is 19.5 Å². The lowest BCUT2D eigenvalue weighted by atomic mass is 9.98. The van der Waals surface area contributed by atoms with E-state index >= 15 is 0 Å². The van der Waals surface area contributed by atoms with Crippen LogP contribution in [0, 0.1) is 5.82 Å². The Bertz CT molecular complexity index is 1010. The van der Waals surface area contributed by atoms with Gasteiger partial charge in [0.15, 0.2) is 0 Å². The predicted octanol–water partition coefficient (Wildman–Crippen LogP) is 4.30. The Morgan fingerprint density at radius 2 is 2.14 bits per heavy atom. The summed E-state index contributed by atoms with van der Waals surface area (Å²) in [5.41, 5.74) is 1.23. The maximum atomic E-state index is 13.3. The molecule has 0 bridgehead atoms. The molecule has 150 valence electrons. The monoisotopic (exact) mass is 396 g/mol. The van der Waals surface area contributed by atoms with E-state index in [1.54, 1.807) is 24.1 Å². The average molecular weight is 396 g/mol. The summed E-state index contributed by atoms with van der Waals surface area (Å²) in [6.07, 6.45) is 1.67. The molecule has 0 aliphatic carbocycles. The van der Waals surface area contributed by atoms with Crippen molar-refractivity contribution in [1.29, 1.82) is 0 Å². The van der Waals surface area contributed by atoms with E-state index in [-0.39, 0.29) is 11.9 Å². The number of urea groups is 1. The molecule has 2 heterocycles. The van der Waals surface area contributed by atoms with E-state index in [2.05, 4.69) is 15.5 Å². The Morgan fingerprint density at radius 1 is 1.28 bits per heavy atom. The highest BCUT2D eigenvalue weighted by atomic mass is 19.1. The minimum absolute atomic E-state index is 0.0473. The number of benzene rings is 2. The van der Waals surface area contributed by atoms with Crippen molar-refractivity contribution in [3.05, 3.63) is 60.2 Å². The molecule has 1 N–H and O–H groups in total. The van der Waals surface area contributed by atoms with E-state index in [1.807, 2.05) is 24.3 Å². The van der Waals surface area contributed by atoms with Crippen LogP contribution < -0.4 is 10.1 Å². The van der Waals surface area contributed by atoms with Crippen LogP contribution >= 0.6 is 0 Å². The number of anilines is 1. The number of nitrogens with one attached hydrogen (secondary N) is 1. The summed E-state index contributed by atoms with van der Waals surface area (Å²) in [7, 11) is 1.60. The fraction of sp³-hybridized carbons (Fsp3) is 0.286. The number of likely N-dealkylation sites (tertiary alicyclic amines) is 1. The van der Waals surface area contributed by atoms with Crippen molar-refractivity contribution in [2.45, 2.75) is 18.8 Å². The lowest BCUT2D eigenvalue weighted by molar-refractivity contribution is 0.184. The smallest absolute Gasteiger partial charge is 0.321 e. The second-order valence-electron chi connectivity index (χ2n) is 6.91. The Kier molecular flexibility index (Phi) is 5.41. The fourth-order valence-corrected chi connectivity index (χ4v) is 3.41. The number of hydrogen-bond donors (Lipinski definition) is 1. The van der Waals surface area contributed by atoms with Gasteiger partial charge in [0.25, 0.3) is 0 Å². The highest BCUT2D eigenvalue weighted by molar-refractivity contribution is 5.89. The van der Waals surface area contributed by atoms with Crippen molar-refractivity contribution < 1.29 is 18.4 Å². The first-order chi connectivity index (χ1) is 14.1. The van der Waals surface area contributed by atoms with Crippen LogP contribution in [0.25, 0.3) is 11.4 Å². The Balaban J connectivity index is 1.44. The number of nitrogens with zero attached hydrogens (tertiary/aromatic N) is 3. The summed E-state index contributed by atoms with van der Waals surface area (Å²) in [6, 6.07) is 13.0. The number of carbonyl (C=O) groups is 1. The molecule has 1 aliphatic heterocycles. The molecule has 29 heavy (non-hydrogen) atoms. The normalized spacial score (nSPS) is 16.5. The lowest BCUT2D eigenvalue weighted by Gasteiger charge is -2.31. The largest absolute Gasteiger partial charge is 0.497 e. The number of piperidine rings is 1. The zero-order valence-corrected chi connectivity index (χ0v) is 16.0. The summed E-state index contributed by atoms with van der Waals surface area (Å²) < 4.78 is 24.1. The first-order valence-corrected chi connectivity index (χ1v) is 9.42. The third-order valence-corrected chi connectivity index (χ3v) is 4.90. The van der Waals surface area contributed by atoms with Crippen LogP contribution in [0.5, 0.6) is 5.75 Å². The minimum atomic E-state index is -0.393. The van der Waals surface area contributed by atoms with Crippen molar-refractivity contribution in [1.82, 2.24) is 15.0 Å². The quantitative estimate of drug-likeness (QED) is 0.711. The summed E-state index contributed by atoms with van der Waals surface area (Å²) >= 11 is 0. The average Bonchev–Trinajstić information content (AvgIpc) is 3.24. The first-order valence-electron chi connectivity index (χ1n) is 9.42. The van der Waals surface area contributed by atoms with Gasteiger partial charge >= 0.3 is 6.03 Å². The summed E-state index contributed by atoms with van der Waals surface area (Å²) in [4.78, 5) is 18.8. The van der Waals surface area contributed by atoms with Crippen molar-refractivity contribution in [3.63, 3.8) is 0 Å². The van der Waals surface area contributed by atoms with E-state index < -0.39 is 5.82 Å². The maximum Gasteiger partial charge on any atom is 0.321 e. The van der Waals surface area contributed by atoms with Gasteiger partial charge in [-0.3, -0.25) is 0 Å². The highest BCUT2D eigenvalue weighted by Crippen LogP contribution is 2.29. The van der Waals surface area contributed by atoms with Gasteiger partial charge in [0.1, 0.15) is 11.6 Å². The van der Waals surface area contributed by atoms with Gasteiger partial charge in [0.05, 0.1) is 13.0 Å². The van der Waals surface area contributed by atoms with E-state index in [0.29, 0.717) is 36.2 Å². The molecule has 0 radical (unpaired) electrons. The summed E-state index contributed by atoms with van der Waals surface area (Å²) in [6.45, 7) is 1.08. The minimum Gasteiger partial charge on any atom is -0.497 e. The predicted molar refractivity (Wildman–Crippen MR) is 105 cm³/mol. The number of aromatic nitrogens is 2. The number of rotatable bonds is 4. The van der Waals surface area contributed by atoms with Gasteiger partial charge in [-0.05, 0) is 43.2 Å². The zero-order chi connectivity index (χ0) is 20.2. The molecule has 8 heteroatoms. The molecular formula is C21H21FN4O3. The van der Waals surface area contributed by atoms with E-state index in [4.69, 9.17) is 9.26 Å². The standard InChI is InChI=1S/C21H21FN4O3/c1-28-18-9-2-5-14(11-18)19-24-20(29-25-19)15-6-4-10-26(13-15)21(27)23-17-8-3-7-16(22)12-17/h2-3,5,7-9,11-12,15H,4,6,10,13H2,1H3,(H,23,27)/t15-/m1/s1. The number of ether oxygens (including phenoxy) is 1. The van der Waals surface area contributed by atoms with Gasteiger partial charge in [0, 0.05) is 24.3 Å². The summed E-state index contributed by atoms with van der Waals surface area (Å²) in [5, 5.41) is 6.82. The molecule has 2 amide bonds. The molecule has 4 rings (SSSR count). The highest BCUT2D eigenvalue weighted by Gasteiger charge is 2.29. The van der Waals surface area contributed by atoms with Crippen LogP contribution in [0.3, 0.4) is 0 Å². The third-order valence-electron chi connectivity index (χ3n) is 4.90. The van der Waals surface area contributed by atoms with E-state index in [0.717, 1.165) is 18.4 Å². The first kappa shape index (κ1) is 18.9. The number of carbonyl (C=O) groups excluding carboxylic acids is 1. The SMILES string of the molecule is COc1cccc(-c2noc([C@@H]3CCCN(C(=O)Nc4cccc(F)c4)C3)n2)c1. The van der Waals surface area contributed by atoms with Gasteiger partial charge in [-0.1, -0.05) is 23.4 Å². The van der Waals surface area contributed by atoms with E-state index in [9.17, 15) is 9.18 Å². The van der Waals surface area contributed by atoms with Crippen LogP contribution in [0.4, 0.5) is 14.9 Å². The van der Waals surface area contributed by atoms with Crippen molar-refractivity contribution in [3.8, 4) is 17.1 Å². The molecule has 0 saturated carbocycles. The Hall–Kier alpha value is -3.42. The zero-order valence-electron chi connectivity index (χ0n) is 16.0. The number of halogens is 1. The van der Waals surface area contributed by atoms with Gasteiger partial charge in [0.2, 0.25) is 11.7 Å². The van der Waals surface area contributed by atoms with Crippen molar-refractivity contribution in [2.75, 3.05) is 25.5 Å². The van der Waals surface area contributed by atoms with Gasteiger partial charge in [-0.15, -0.1) is 0 Å². The molecule has 1 saturated heterocycles. The molecular weight excluding hydrogens is 375 g/mol. The molecule has 0 spiro atoms. The van der Waals surface area contributed by atoms with Gasteiger partial charge in [-0.2, -0.15) is 4.98 Å². The van der Waals surface area contributed by atoms with Gasteiger partial charge in [-0.25, -0.2) is 9.18 Å². The fourth-order valence-electron chi connectivity index (χ4n) is 3.41. The Morgan fingerprint density at radius 3 is 2.97 bits per heavy atom. The third kappa shape index (κ3) is 4.37. The number of hydrogen-bond acceptors (Lipinski definition) is 5. The van der Waals surface area contributed by atoms with Crippen LogP contribution in [0.15, 0.2) is 53.1 Å². The van der Waals surface area contributed by atoms with Crippen molar-refractivity contribution in [2.24, 2.45) is 0 Å². The van der Waals surface area contributed by atoms with Crippen molar-refractivity contribution >= 4 is 11.7 Å². The van der Waals surface area contributed by atoms with Crippen LogP contribution in [0.1, 0.15) is 24.7 Å². The summed E-state index contributed by atoms with van der Waals surface area (Å²) in [5.74, 6) is 1.27. The molecule has 7 nitrogen and oxygen atoms in total. The lowest BCUT2D eigenvalue weighted by Crippen LogP contribution is -2.41. The molecule has 1 aromatic heterocycles.